The molecule has 10 rings (SSSR count). The summed E-state index contributed by atoms with van der Waals surface area (Å²) in [5, 5.41) is 3.61. The molecule has 4 saturated heterocycles. The lowest BCUT2D eigenvalue weighted by Gasteiger charge is -2.43. The highest BCUT2D eigenvalue weighted by Crippen LogP contribution is 2.39. The molecule has 2 N–H and O–H groups in total. The fraction of sp³-hybridized carbons (Fsp3) is 0.392. The van der Waals surface area contributed by atoms with Crippen LogP contribution in [0.3, 0.4) is 0 Å². The Kier molecular flexibility index (Phi) is 15.2. The second-order valence-corrected chi connectivity index (χ2v) is 20.7. The normalized spacial score (nSPS) is 21.1. The number of ether oxygens (including phenoxy) is 5. The van der Waals surface area contributed by atoms with Gasteiger partial charge in [0, 0.05) is 25.1 Å². The van der Waals surface area contributed by atoms with E-state index in [1.165, 1.54) is 42.7 Å². The van der Waals surface area contributed by atoms with Crippen molar-refractivity contribution in [2.45, 2.75) is 87.4 Å². The second-order valence-electron chi connectivity index (χ2n) is 18.0. The molecule has 4 atom stereocenters. The van der Waals surface area contributed by atoms with Crippen molar-refractivity contribution in [1.29, 1.82) is 0 Å². The van der Waals surface area contributed by atoms with E-state index in [1.807, 2.05) is 48.5 Å². The minimum atomic E-state index is -4.25. The first-order valence-electron chi connectivity index (χ1n) is 23.2. The van der Waals surface area contributed by atoms with Gasteiger partial charge < -0.3 is 29.0 Å². The number of esters is 1. The molecule has 5 fully saturated rings. The van der Waals surface area contributed by atoms with Crippen LogP contribution in [0, 0.1) is 11.8 Å². The van der Waals surface area contributed by atoms with E-state index in [0.29, 0.717) is 47.3 Å². The smallest absolute Gasteiger partial charge is 0.408 e. The molecule has 1 aromatic heterocycles. The van der Waals surface area contributed by atoms with Gasteiger partial charge in [0.25, 0.3) is 0 Å². The van der Waals surface area contributed by atoms with Crippen LogP contribution in [-0.4, -0.2) is 81.2 Å². The highest BCUT2D eigenvalue weighted by Gasteiger charge is 2.42. The first-order chi connectivity index (χ1) is 33.4. The quantitative estimate of drug-likeness (QED) is 0.0794. The van der Waals surface area contributed by atoms with Crippen molar-refractivity contribution in [3.05, 3.63) is 147 Å². The first-order valence-corrected chi connectivity index (χ1v) is 25.4. The number of hydrogen-bond donors (Lipinski definition) is 1. The van der Waals surface area contributed by atoms with Gasteiger partial charge in [0.05, 0.1) is 17.5 Å². The number of rotatable bonds is 19. The average molecular weight is 1010 g/mol. The molecule has 5 aromatic rings. The Balaban J connectivity index is 0.896. The molecule has 1 aliphatic carbocycles. The van der Waals surface area contributed by atoms with E-state index in [2.05, 4.69) is 15.2 Å². The first kappa shape index (κ1) is 48.5. The summed E-state index contributed by atoms with van der Waals surface area (Å²) >= 11 is 13.1. The Hall–Kier alpha value is -5.52. The Labute approximate surface area is 410 Å². The topological polar surface area (TPSA) is 147 Å². The third kappa shape index (κ3) is 11.9. The predicted molar refractivity (Wildman–Crippen MR) is 252 cm³/mol. The molecule has 0 radical (unpaired) electrons. The van der Waals surface area contributed by atoms with Gasteiger partial charge in [0.2, 0.25) is 10.0 Å². The second kappa shape index (κ2) is 21.6. The maximum atomic E-state index is 14.4. The highest BCUT2D eigenvalue weighted by molar-refractivity contribution is 7.89. The number of nitrogens with one attached hydrogen (secondary N) is 2. The van der Waals surface area contributed by atoms with E-state index in [9.17, 15) is 26.8 Å². The van der Waals surface area contributed by atoms with Crippen LogP contribution in [-0.2, 0) is 37.3 Å². The third-order valence-corrected chi connectivity index (χ3v) is 15.8. The third-order valence-electron chi connectivity index (χ3n) is 13.2. The van der Waals surface area contributed by atoms with Gasteiger partial charge in [0.1, 0.15) is 40.7 Å². The van der Waals surface area contributed by atoms with Gasteiger partial charge >= 0.3 is 18.7 Å². The van der Waals surface area contributed by atoms with Crippen molar-refractivity contribution in [3.63, 3.8) is 0 Å². The molecule has 364 valence electrons. The summed E-state index contributed by atoms with van der Waals surface area (Å²) in [5.41, 5.74) is 3.00. The fourth-order valence-electron chi connectivity index (χ4n) is 9.31. The van der Waals surface area contributed by atoms with E-state index < -0.39 is 46.9 Å². The summed E-state index contributed by atoms with van der Waals surface area (Å²) < 4.78 is 85.9. The SMILES string of the molecule is O=C(N[C@@H](c1ccccc1)c1cccc(OCc2cccc(S(=O)(=O)N3CCC[C@H]3C(=O)O[C@@H](Cc3c(Cl)c[nH+]cc3Cl)c3ccc(OC(F)F)c(OCC4CC4)c3)c2)c1)O[C@H]1CN2CCC1CC2. The summed E-state index contributed by atoms with van der Waals surface area (Å²) in [4.78, 5) is 32.8. The molecular formula is C51H53Cl2F2N4O9S+. The molecule has 1 amide bonds. The van der Waals surface area contributed by atoms with Crippen LogP contribution in [0.15, 0.2) is 114 Å². The van der Waals surface area contributed by atoms with Crippen LogP contribution in [0.4, 0.5) is 13.6 Å². The number of nitrogens with zero attached hydrogens (tertiary/aromatic N) is 2. The highest BCUT2D eigenvalue weighted by atomic mass is 35.5. The van der Waals surface area contributed by atoms with Crippen LogP contribution < -0.4 is 24.5 Å². The number of alkyl carbamates (subject to hydrolysis) is 1. The molecule has 69 heavy (non-hydrogen) atoms. The van der Waals surface area contributed by atoms with E-state index >= 15 is 0 Å². The Morgan fingerprint density at radius 3 is 2.28 bits per heavy atom. The molecular weight excluding hydrogens is 954 g/mol. The number of pyridine rings is 1. The number of carbonyl (C=O) groups is 2. The van der Waals surface area contributed by atoms with Crippen molar-refractivity contribution in [2.75, 3.05) is 32.8 Å². The molecule has 5 aliphatic rings. The molecule has 2 bridgehead atoms. The number of fused-ring (bicyclic) bond motifs is 3. The van der Waals surface area contributed by atoms with Gasteiger partial charge in [-0.2, -0.15) is 13.1 Å². The summed E-state index contributed by atoms with van der Waals surface area (Å²) in [7, 11) is -4.25. The lowest BCUT2D eigenvalue weighted by atomic mass is 9.86. The Morgan fingerprint density at radius 1 is 0.797 bits per heavy atom. The number of hydrogen-bond acceptors (Lipinski definition) is 10. The molecule has 5 heterocycles. The molecule has 18 heteroatoms. The summed E-state index contributed by atoms with van der Waals surface area (Å²) in [6.45, 7) is 0.0799. The molecule has 0 spiro atoms. The number of sulfonamides is 1. The van der Waals surface area contributed by atoms with Crippen molar-refractivity contribution in [1.82, 2.24) is 14.5 Å². The largest absolute Gasteiger partial charge is 0.489 e. The van der Waals surface area contributed by atoms with Gasteiger partial charge in [-0.25, -0.2) is 18.2 Å². The maximum absolute atomic E-state index is 14.4. The minimum Gasteiger partial charge on any atom is -0.489 e. The minimum absolute atomic E-state index is 0.0148. The fourth-order valence-corrected chi connectivity index (χ4v) is 11.6. The zero-order valence-corrected chi connectivity index (χ0v) is 39.9. The van der Waals surface area contributed by atoms with Gasteiger partial charge in [-0.15, -0.1) is 0 Å². The lowest BCUT2D eigenvalue weighted by molar-refractivity contribution is -0.377. The van der Waals surface area contributed by atoms with Crippen LogP contribution >= 0.6 is 23.2 Å². The van der Waals surface area contributed by atoms with Gasteiger partial charge in [-0.3, -0.25) is 9.69 Å². The van der Waals surface area contributed by atoms with Crippen LogP contribution in [0.2, 0.25) is 10.0 Å². The van der Waals surface area contributed by atoms with Gasteiger partial charge in [0.15, 0.2) is 23.9 Å². The number of piperidine rings is 3. The molecule has 0 unspecified atom stereocenters. The number of aromatic amines is 1. The number of aromatic nitrogens is 1. The summed E-state index contributed by atoms with van der Waals surface area (Å²) in [6.07, 6.45) is 5.81. The molecule has 4 aromatic carbocycles. The molecule has 1 saturated carbocycles. The van der Waals surface area contributed by atoms with Gasteiger partial charge in [-0.1, -0.05) is 83.9 Å². The van der Waals surface area contributed by atoms with E-state index in [4.69, 9.17) is 46.9 Å². The average Bonchev–Trinajstić information content (AvgIpc) is 4.05. The maximum Gasteiger partial charge on any atom is 0.408 e. The van der Waals surface area contributed by atoms with Crippen molar-refractivity contribution in [2.24, 2.45) is 11.8 Å². The van der Waals surface area contributed by atoms with E-state index in [0.717, 1.165) is 60.7 Å². The van der Waals surface area contributed by atoms with Crippen LogP contribution in [0.1, 0.15) is 78.5 Å². The predicted octanol–water partition coefficient (Wildman–Crippen LogP) is 9.37. The number of halogens is 4. The van der Waals surface area contributed by atoms with E-state index in [1.54, 1.807) is 18.2 Å². The number of alkyl halides is 2. The van der Waals surface area contributed by atoms with Crippen molar-refractivity contribution in [3.8, 4) is 17.2 Å². The molecule has 4 aliphatic heterocycles. The lowest BCUT2D eigenvalue weighted by Crippen LogP contribution is -2.52. The van der Waals surface area contributed by atoms with Crippen molar-refractivity contribution < 1.29 is 55.5 Å². The zero-order valence-electron chi connectivity index (χ0n) is 37.6. The number of H-pyrrole nitrogens is 1. The number of carbonyl (C=O) groups excluding carboxylic acids is 2. The Bertz CT molecular complexity index is 2710. The van der Waals surface area contributed by atoms with E-state index in [-0.39, 0.29) is 58.5 Å². The summed E-state index contributed by atoms with van der Waals surface area (Å²) in [6, 6.07) is 25.9. The number of amides is 1. The number of benzene rings is 4. The van der Waals surface area contributed by atoms with Crippen molar-refractivity contribution >= 4 is 45.3 Å². The zero-order chi connectivity index (χ0) is 48.1. The Morgan fingerprint density at radius 2 is 1.55 bits per heavy atom. The summed E-state index contributed by atoms with van der Waals surface area (Å²) in [5.74, 6) is 0.216. The van der Waals surface area contributed by atoms with Crippen LogP contribution in [0.5, 0.6) is 17.2 Å². The standard InChI is InChI=1S/C51H52Cl2F2N4O9S/c52-41-27-56-28-42(53)40(41)26-45(36-16-17-44(67-50(54)55)46(25-36)65-30-32-14-15-32)66-49(60)43-13-6-20-59(43)69(62,63)39-12-4-7-33(23-39)31-64-38-11-5-10-37(24-38)48(35-8-2-1-3-9-35)57-51(61)68-47-29-58-21-18-34(47)19-22-58/h1-5,7-12,16-17,23-25,27-28,32,34,43,45,47-48,50H,6,13-15,18-22,26,29-31H2,(H,57,61)/p+1/t43-,45-,47-,48-/m0/s1. The monoisotopic (exact) mass is 1010 g/mol. The van der Waals surface area contributed by atoms with Gasteiger partial charge in [-0.05, 0) is 122 Å². The van der Waals surface area contributed by atoms with Crippen LogP contribution in [0.25, 0.3) is 0 Å². The molecule has 13 nitrogen and oxygen atoms in total.